The van der Waals surface area contributed by atoms with Crippen LogP contribution in [-0.2, 0) is 4.79 Å². The van der Waals surface area contributed by atoms with E-state index in [1.165, 1.54) is 14.2 Å². The molecule has 0 unspecified atom stereocenters. The molecule has 0 bridgehead atoms. The van der Waals surface area contributed by atoms with Crippen LogP contribution in [0.5, 0.6) is 17.2 Å². The van der Waals surface area contributed by atoms with Crippen LogP contribution < -0.4 is 24.8 Å². The second kappa shape index (κ2) is 9.18. The maximum atomic E-state index is 13.0. The lowest BCUT2D eigenvalue weighted by atomic mass is 10.1. The summed E-state index contributed by atoms with van der Waals surface area (Å²) in [6.45, 7) is 2.41. The molecule has 0 aromatic heterocycles. The average Bonchev–Trinajstić information content (AvgIpc) is 2.77. The van der Waals surface area contributed by atoms with Gasteiger partial charge in [-0.1, -0.05) is 18.2 Å². The predicted octanol–water partition coefficient (Wildman–Crippen LogP) is 1.53. The van der Waals surface area contributed by atoms with Crippen LogP contribution in [0.15, 0.2) is 42.5 Å². The van der Waals surface area contributed by atoms with Gasteiger partial charge in [-0.15, -0.1) is 0 Å². The summed E-state index contributed by atoms with van der Waals surface area (Å²) < 4.78 is 16.1. The quantitative estimate of drug-likeness (QED) is 0.759. The number of hydrogen-bond donors (Lipinski definition) is 1. The number of amides is 2. The van der Waals surface area contributed by atoms with E-state index >= 15 is 0 Å². The topological polar surface area (TPSA) is 94.3 Å². The highest BCUT2D eigenvalue weighted by Crippen LogP contribution is 2.39. The summed E-state index contributed by atoms with van der Waals surface area (Å²) in [5.41, 5.74) is 6.72. The van der Waals surface area contributed by atoms with E-state index in [4.69, 9.17) is 19.9 Å². The number of primary amides is 1. The van der Waals surface area contributed by atoms with Gasteiger partial charge < -0.3 is 29.7 Å². The minimum Gasteiger partial charge on any atom is -0.493 e. The van der Waals surface area contributed by atoms with Crippen LogP contribution in [0.2, 0.25) is 0 Å². The first kappa shape index (κ1) is 20.3. The van der Waals surface area contributed by atoms with Crippen molar-refractivity contribution in [1.82, 2.24) is 4.90 Å². The van der Waals surface area contributed by atoms with Gasteiger partial charge in [0.25, 0.3) is 11.8 Å². The van der Waals surface area contributed by atoms with Crippen LogP contribution in [-0.4, -0.2) is 63.7 Å². The molecule has 8 heteroatoms. The van der Waals surface area contributed by atoms with Gasteiger partial charge >= 0.3 is 0 Å². The van der Waals surface area contributed by atoms with E-state index in [9.17, 15) is 9.59 Å². The van der Waals surface area contributed by atoms with Crippen molar-refractivity contribution >= 4 is 17.5 Å². The van der Waals surface area contributed by atoms with Gasteiger partial charge in [-0.05, 0) is 24.3 Å². The average molecular weight is 399 g/mol. The Kier molecular flexibility index (Phi) is 6.43. The molecular weight excluding hydrogens is 374 g/mol. The van der Waals surface area contributed by atoms with Crippen LogP contribution in [0.25, 0.3) is 0 Å². The molecule has 0 radical (unpaired) electrons. The van der Waals surface area contributed by atoms with E-state index < -0.39 is 5.91 Å². The fourth-order valence-corrected chi connectivity index (χ4v) is 3.28. The molecule has 0 spiro atoms. The van der Waals surface area contributed by atoms with Crippen molar-refractivity contribution < 1.29 is 23.8 Å². The number of anilines is 1. The van der Waals surface area contributed by atoms with Crippen LogP contribution >= 0.6 is 0 Å². The molecule has 1 aliphatic rings. The smallest absolute Gasteiger partial charge is 0.255 e. The fourth-order valence-electron chi connectivity index (χ4n) is 3.28. The Morgan fingerprint density at radius 2 is 1.55 bits per heavy atom. The van der Waals surface area contributed by atoms with Gasteiger partial charge in [-0.3, -0.25) is 9.59 Å². The number of piperazine rings is 1. The van der Waals surface area contributed by atoms with E-state index in [-0.39, 0.29) is 18.3 Å². The normalized spacial score (nSPS) is 13.7. The standard InChI is InChI=1S/C21H25N3O5/c1-27-17-12-15(13-18(28-2)20(17)29-14-19(22)25)21(26)24-10-8-23(9-11-24)16-6-4-3-5-7-16/h3-7,12-13H,8-11,14H2,1-2H3,(H2,22,25). The third kappa shape index (κ3) is 4.71. The maximum absolute atomic E-state index is 13.0. The van der Waals surface area contributed by atoms with Crippen molar-refractivity contribution in [2.24, 2.45) is 5.73 Å². The maximum Gasteiger partial charge on any atom is 0.255 e. The minimum atomic E-state index is -0.620. The molecule has 2 aromatic rings. The number of hydrogen-bond acceptors (Lipinski definition) is 6. The van der Waals surface area contributed by atoms with Gasteiger partial charge in [0.05, 0.1) is 14.2 Å². The highest BCUT2D eigenvalue weighted by atomic mass is 16.5. The molecule has 1 heterocycles. The van der Waals surface area contributed by atoms with E-state index in [1.807, 2.05) is 18.2 Å². The zero-order valence-corrected chi connectivity index (χ0v) is 16.6. The van der Waals surface area contributed by atoms with Gasteiger partial charge in [-0.2, -0.15) is 0 Å². The molecule has 0 atom stereocenters. The number of carbonyl (C=O) groups excluding carboxylic acids is 2. The van der Waals surface area contributed by atoms with Crippen molar-refractivity contribution in [1.29, 1.82) is 0 Å². The molecular formula is C21H25N3O5. The summed E-state index contributed by atoms with van der Waals surface area (Å²) in [7, 11) is 2.91. The molecule has 154 valence electrons. The summed E-state index contributed by atoms with van der Waals surface area (Å²) >= 11 is 0. The van der Waals surface area contributed by atoms with Crippen LogP contribution in [0.3, 0.4) is 0 Å². The summed E-state index contributed by atoms with van der Waals surface area (Å²) in [6.07, 6.45) is 0. The van der Waals surface area contributed by atoms with E-state index in [1.54, 1.807) is 17.0 Å². The predicted molar refractivity (Wildman–Crippen MR) is 109 cm³/mol. The second-order valence-electron chi connectivity index (χ2n) is 6.58. The van der Waals surface area contributed by atoms with E-state index in [0.717, 1.165) is 18.8 Å². The first-order valence-corrected chi connectivity index (χ1v) is 9.30. The summed E-state index contributed by atoms with van der Waals surface area (Å²) in [5.74, 6) is 0.106. The Bertz CT molecular complexity index is 839. The van der Waals surface area contributed by atoms with Crippen LogP contribution in [0.4, 0.5) is 5.69 Å². The molecule has 0 aliphatic carbocycles. The number of rotatable bonds is 7. The zero-order valence-electron chi connectivity index (χ0n) is 16.6. The number of nitrogens with two attached hydrogens (primary N) is 1. The zero-order chi connectivity index (χ0) is 20.8. The lowest BCUT2D eigenvalue weighted by molar-refractivity contribution is -0.120. The Hall–Kier alpha value is -3.42. The largest absolute Gasteiger partial charge is 0.493 e. The first-order valence-electron chi connectivity index (χ1n) is 9.30. The molecule has 29 heavy (non-hydrogen) atoms. The molecule has 1 fully saturated rings. The van der Waals surface area contributed by atoms with Gasteiger partial charge in [0.15, 0.2) is 18.1 Å². The van der Waals surface area contributed by atoms with Gasteiger partial charge in [0, 0.05) is 37.4 Å². The van der Waals surface area contributed by atoms with Gasteiger partial charge in [-0.25, -0.2) is 0 Å². The Morgan fingerprint density at radius 3 is 2.07 bits per heavy atom. The summed E-state index contributed by atoms with van der Waals surface area (Å²) in [4.78, 5) is 28.1. The van der Waals surface area contributed by atoms with Gasteiger partial charge in [0.2, 0.25) is 5.75 Å². The second-order valence-corrected chi connectivity index (χ2v) is 6.58. The Morgan fingerprint density at radius 1 is 0.966 bits per heavy atom. The molecule has 2 amide bonds. The number of carbonyl (C=O) groups is 2. The SMILES string of the molecule is COc1cc(C(=O)N2CCN(c3ccccc3)CC2)cc(OC)c1OCC(N)=O. The molecule has 2 aromatic carbocycles. The number of nitrogens with zero attached hydrogens (tertiary/aromatic N) is 2. The monoisotopic (exact) mass is 399 g/mol. The highest BCUT2D eigenvalue weighted by Gasteiger charge is 2.25. The highest BCUT2D eigenvalue weighted by molar-refractivity contribution is 5.96. The Labute approximate surface area is 169 Å². The molecule has 1 aliphatic heterocycles. The van der Waals surface area contributed by atoms with Crippen molar-refractivity contribution in [3.63, 3.8) is 0 Å². The lowest BCUT2D eigenvalue weighted by Crippen LogP contribution is -2.48. The third-order valence-electron chi connectivity index (χ3n) is 4.75. The number of methoxy groups -OCH3 is 2. The molecule has 0 saturated carbocycles. The number of benzene rings is 2. The van der Waals surface area contributed by atoms with E-state index in [0.29, 0.717) is 30.2 Å². The summed E-state index contributed by atoms with van der Waals surface area (Å²) in [6, 6.07) is 13.3. The van der Waals surface area contributed by atoms with Crippen molar-refractivity contribution in [2.45, 2.75) is 0 Å². The van der Waals surface area contributed by atoms with Gasteiger partial charge in [0.1, 0.15) is 0 Å². The van der Waals surface area contributed by atoms with Crippen LogP contribution in [0, 0.1) is 0 Å². The van der Waals surface area contributed by atoms with Crippen molar-refractivity contribution in [3.8, 4) is 17.2 Å². The summed E-state index contributed by atoms with van der Waals surface area (Å²) in [5, 5.41) is 0. The first-order chi connectivity index (χ1) is 14.0. The number of ether oxygens (including phenoxy) is 3. The fraction of sp³-hybridized carbons (Fsp3) is 0.333. The Balaban J connectivity index is 1.74. The van der Waals surface area contributed by atoms with Crippen molar-refractivity contribution in [3.05, 3.63) is 48.0 Å². The lowest BCUT2D eigenvalue weighted by Gasteiger charge is -2.36. The molecule has 2 N–H and O–H groups in total. The third-order valence-corrected chi connectivity index (χ3v) is 4.75. The minimum absolute atomic E-state index is 0.115. The van der Waals surface area contributed by atoms with Crippen LogP contribution in [0.1, 0.15) is 10.4 Å². The van der Waals surface area contributed by atoms with Crippen molar-refractivity contribution in [2.75, 3.05) is 51.9 Å². The molecule has 3 rings (SSSR count). The van der Waals surface area contributed by atoms with E-state index in [2.05, 4.69) is 17.0 Å². The molecule has 8 nitrogen and oxygen atoms in total. The molecule has 1 saturated heterocycles. The number of para-hydroxylation sites is 1.